The number of imidazole rings is 2. The van der Waals surface area contributed by atoms with Crippen LogP contribution in [0, 0.1) is 0 Å². The summed E-state index contributed by atoms with van der Waals surface area (Å²) >= 11 is 0. The number of nitrogens with two attached hydrogens (primary N) is 1. The van der Waals surface area contributed by atoms with E-state index in [1.807, 2.05) is 21.5 Å². The van der Waals surface area contributed by atoms with Crippen LogP contribution >= 0.6 is 12.4 Å². The van der Waals surface area contributed by atoms with Crippen molar-refractivity contribution >= 4 is 19.5 Å². The third-order valence-electron chi connectivity index (χ3n) is 3.50. The SMILES string of the molecule is CB(O)NCCCn1ccnc1CO.Cl.NCCCn1ccnc1CO. The van der Waals surface area contributed by atoms with E-state index in [-0.39, 0.29) is 25.6 Å². The summed E-state index contributed by atoms with van der Waals surface area (Å²) in [5, 5.41) is 29.5. The van der Waals surface area contributed by atoms with Gasteiger partial charge in [0.1, 0.15) is 24.9 Å². The van der Waals surface area contributed by atoms with Gasteiger partial charge in [0.15, 0.2) is 0 Å². The van der Waals surface area contributed by atoms with Gasteiger partial charge in [0.2, 0.25) is 0 Å². The maximum atomic E-state index is 8.94. The summed E-state index contributed by atoms with van der Waals surface area (Å²) in [5.74, 6) is 1.39. The van der Waals surface area contributed by atoms with Crippen LogP contribution in [0.2, 0.25) is 6.82 Å². The standard InChI is InChI=1S/C8H16BN3O2.C7H13N3O.ClH/c1-9(14)11-3-2-5-12-6-4-10-8(12)7-13;8-2-1-4-10-5-3-9-7(10)6-11;/h4,6,11,13-14H,2-3,5,7H2,1H3;3,5,11H,1-2,4,6,8H2;1H. The van der Waals surface area contributed by atoms with Gasteiger partial charge in [-0.2, -0.15) is 0 Å². The minimum absolute atomic E-state index is 0. The summed E-state index contributed by atoms with van der Waals surface area (Å²) in [6.45, 7) is 4.72. The van der Waals surface area contributed by atoms with Gasteiger partial charge in [-0.25, -0.2) is 9.97 Å². The molecular weight excluding hydrogens is 358 g/mol. The number of halogens is 1. The van der Waals surface area contributed by atoms with Crippen molar-refractivity contribution in [2.45, 2.75) is 46.0 Å². The second-order valence-corrected chi connectivity index (χ2v) is 5.52. The van der Waals surface area contributed by atoms with Crippen LogP contribution in [-0.4, -0.2) is 54.5 Å². The Morgan fingerprint density at radius 1 is 1.04 bits per heavy atom. The third-order valence-corrected chi connectivity index (χ3v) is 3.50. The number of nitrogens with one attached hydrogen (secondary N) is 1. The van der Waals surface area contributed by atoms with Crippen LogP contribution in [0.15, 0.2) is 24.8 Å². The van der Waals surface area contributed by atoms with Gasteiger partial charge in [0.05, 0.1) is 0 Å². The first kappa shape index (κ1) is 24.6. The topological polar surface area (TPSA) is 134 Å². The monoisotopic (exact) mass is 388 g/mol. The van der Waals surface area contributed by atoms with Crippen LogP contribution in [-0.2, 0) is 26.3 Å². The Balaban J connectivity index is 0.000000475. The molecule has 0 saturated heterocycles. The van der Waals surface area contributed by atoms with E-state index < -0.39 is 7.05 Å². The molecule has 9 nitrogen and oxygen atoms in total. The molecule has 0 unspecified atom stereocenters. The van der Waals surface area contributed by atoms with Crippen LogP contribution in [0.4, 0.5) is 0 Å². The van der Waals surface area contributed by atoms with Crippen molar-refractivity contribution in [1.29, 1.82) is 0 Å². The van der Waals surface area contributed by atoms with E-state index in [9.17, 15) is 0 Å². The molecule has 26 heavy (non-hydrogen) atoms. The lowest BCUT2D eigenvalue weighted by atomic mass is 9.89. The summed E-state index contributed by atoms with van der Waals surface area (Å²) in [5.41, 5.74) is 5.34. The van der Waals surface area contributed by atoms with Crippen molar-refractivity contribution in [2.75, 3.05) is 13.1 Å². The number of rotatable bonds is 10. The Morgan fingerprint density at radius 2 is 1.54 bits per heavy atom. The average molecular weight is 389 g/mol. The quantitative estimate of drug-likeness (QED) is 0.276. The number of aliphatic hydroxyl groups excluding tert-OH is 2. The summed E-state index contributed by atoms with van der Waals surface area (Å²) in [7, 11) is -0.463. The molecule has 0 aliphatic rings. The van der Waals surface area contributed by atoms with Crippen molar-refractivity contribution in [1.82, 2.24) is 24.3 Å². The predicted octanol–water partition coefficient (Wildman–Crippen LogP) is -0.389. The molecule has 0 amide bonds. The Kier molecular flexibility index (Phi) is 13.9. The maximum absolute atomic E-state index is 8.94. The van der Waals surface area contributed by atoms with Gasteiger partial charge in [-0.05, 0) is 32.8 Å². The molecule has 0 aromatic carbocycles. The zero-order valence-electron chi connectivity index (χ0n) is 15.2. The van der Waals surface area contributed by atoms with Gasteiger partial charge in [0.25, 0.3) is 0 Å². The second kappa shape index (κ2) is 14.7. The van der Waals surface area contributed by atoms with Gasteiger partial charge in [-0.3, -0.25) is 0 Å². The summed E-state index contributed by atoms with van der Waals surface area (Å²) in [6, 6.07) is 0. The van der Waals surface area contributed by atoms with Gasteiger partial charge < -0.3 is 35.3 Å². The number of hydrogen-bond acceptors (Lipinski definition) is 7. The molecule has 2 heterocycles. The number of nitrogens with zero attached hydrogens (tertiary/aromatic N) is 4. The minimum atomic E-state index is -0.463. The van der Waals surface area contributed by atoms with Crippen LogP contribution in [0.5, 0.6) is 0 Å². The lowest BCUT2D eigenvalue weighted by Crippen LogP contribution is -2.31. The van der Waals surface area contributed by atoms with E-state index in [2.05, 4.69) is 15.2 Å². The van der Waals surface area contributed by atoms with Crippen molar-refractivity contribution < 1.29 is 15.2 Å². The highest BCUT2D eigenvalue weighted by Crippen LogP contribution is 1.99. The molecule has 2 rings (SSSR count). The van der Waals surface area contributed by atoms with E-state index in [0.717, 1.165) is 32.5 Å². The molecule has 148 valence electrons. The van der Waals surface area contributed by atoms with Crippen molar-refractivity contribution in [2.24, 2.45) is 5.73 Å². The highest BCUT2D eigenvalue weighted by atomic mass is 35.5. The van der Waals surface area contributed by atoms with Gasteiger partial charge in [0, 0.05) is 37.9 Å². The van der Waals surface area contributed by atoms with E-state index in [1.54, 1.807) is 19.2 Å². The van der Waals surface area contributed by atoms with E-state index in [4.69, 9.17) is 21.0 Å². The molecule has 0 radical (unpaired) electrons. The third kappa shape index (κ3) is 9.32. The fourth-order valence-electron chi connectivity index (χ4n) is 2.21. The highest BCUT2D eigenvalue weighted by molar-refractivity contribution is 6.45. The smallest absolute Gasteiger partial charge is 0.373 e. The fourth-order valence-corrected chi connectivity index (χ4v) is 2.21. The fraction of sp³-hybridized carbons (Fsp3) is 0.600. The molecular formula is C15H30BClN6O3. The van der Waals surface area contributed by atoms with Crippen LogP contribution in [0.3, 0.4) is 0 Å². The van der Waals surface area contributed by atoms with Gasteiger partial charge in [-0.15, -0.1) is 12.4 Å². The molecule has 0 aliphatic heterocycles. The molecule has 0 aliphatic carbocycles. The zero-order chi connectivity index (χ0) is 18.5. The van der Waals surface area contributed by atoms with Crippen LogP contribution in [0.25, 0.3) is 0 Å². The Hall–Kier alpha value is -1.43. The van der Waals surface area contributed by atoms with Gasteiger partial charge >= 0.3 is 7.05 Å². The minimum Gasteiger partial charge on any atom is -0.437 e. The lowest BCUT2D eigenvalue weighted by molar-refractivity contribution is 0.264. The first-order chi connectivity index (χ1) is 12.1. The van der Waals surface area contributed by atoms with E-state index in [0.29, 0.717) is 18.2 Å². The average Bonchev–Trinajstić information content (AvgIpc) is 3.25. The molecule has 0 saturated carbocycles. The maximum Gasteiger partial charge on any atom is 0.373 e. The number of hydrogen-bond donors (Lipinski definition) is 5. The normalized spacial score (nSPS) is 10.0. The number of aryl methyl sites for hydroxylation is 2. The van der Waals surface area contributed by atoms with Crippen LogP contribution < -0.4 is 11.0 Å². The molecule has 6 N–H and O–H groups in total. The second-order valence-electron chi connectivity index (χ2n) is 5.52. The zero-order valence-corrected chi connectivity index (χ0v) is 16.0. The number of aromatic nitrogens is 4. The summed E-state index contributed by atoms with van der Waals surface area (Å²) in [4.78, 5) is 7.95. The van der Waals surface area contributed by atoms with Crippen LogP contribution in [0.1, 0.15) is 24.5 Å². The van der Waals surface area contributed by atoms with E-state index >= 15 is 0 Å². The summed E-state index contributed by atoms with van der Waals surface area (Å²) < 4.78 is 3.82. The molecule has 0 bridgehead atoms. The molecule has 11 heteroatoms. The molecule has 2 aromatic rings. The largest absolute Gasteiger partial charge is 0.437 e. The molecule has 0 atom stereocenters. The molecule has 0 spiro atoms. The molecule has 2 aromatic heterocycles. The molecule has 0 fully saturated rings. The Bertz CT molecular complexity index is 581. The summed E-state index contributed by atoms with van der Waals surface area (Å²) in [6.07, 6.45) is 8.86. The van der Waals surface area contributed by atoms with Crippen molar-refractivity contribution in [3.63, 3.8) is 0 Å². The van der Waals surface area contributed by atoms with E-state index in [1.165, 1.54) is 0 Å². The first-order valence-corrected chi connectivity index (χ1v) is 8.45. The highest BCUT2D eigenvalue weighted by Gasteiger charge is 2.02. The van der Waals surface area contributed by atoms with Crippen molar-refractivity contribution in [3.8, 4) is 0 Å². The Morgan fingerprint density at radius 3 is 1.96 bits per heavy atom. The van der Waals surface area contributed by atoms with Crippen molar-refractivity contribution in [3.05, 3.63) is 36.4 Å². The van der Waals surface area contributed by atoms with Gasteiger partial charge in [-0.1, -0.05) is 0 Å². The Labute approximate surface area is 160 Å². The first-order valence-electron chi connectivity index (χ1n) is 8.45. The lowest BCUT2D eigenvalue weighted by Gasteiger charge is -2.07. The number of aliphatic hydroxyl groups is 2. The predicted molar refractivity (Wildman–Crippen MR) is 104 cm³/mol.